The van der Waals surface area contributed by atoms with E-state index < -0.39 is 0 Å². The lowest BCUT2D eigenvalue weighted by atomic mass is 10.2. The lowest BCUT2D eigenvalue weighted by Gasteiger charge is -2.35. The third-order valence-electron chi connectivity index (χ3n) is 4.60. The van der Waals surface area contributed by atoms with Crippen molar-refractivity contribution in [2.45, 2.75) is 25.9 Å². The van der Waals surface area contributed by atoms with E-state index in [2.05, 4.69) is 19.8 Å². The van der Waals surface area contributed by atoms with Gasteiger partial charge in [-0.1, -0.05) is 30.3 Å². The van der Waals surface area contributed by atoms with Crippen molar-refractivity contribution in [2.24, 2.45) is 10.7 Å². The summed E-state index contributed by atoms with van der Waals surface area (Å²) in [4.78, 5) is 25.0. The maximum Gasteiger partial charge on any atom is 0.306 e. The van der Waals surface area contributed by atoms with Crippen LogP contribution in [-0.2, 0) is 16.1 Å². The summed E-state index contributed by atoms with van der Waals surface area (Å²) in [6.07, 6.45) is 3.82. The number of anilines is 1. The highest BCUT2D eigenvalue weighted by atomic mass is 127. The second kappa shape index (κ2) is 12.6. The molecule has 2 heterocycles. The van der Waals surface area contributed by atoms with E-state index in [9.17, 15) is 4.79 Å². The number of nitrogens with two attached hydrogens (primary N) is 1. The molecule has 1 aliphatic heterocycles. The molecule has 29 heavy (non-hydrogen) atoms. The minimum atomic E-state index is -0.167. The van der Waals surface area contributed by atoms with Crippen molar-refractivity contribution in [2.75, 3.05) is 37.6 Å². The summed E-state index contributed by atoms with van der Waals surface area (Å²) in [6, 6.07) is 9.70. The normalized spacial score (nSPS) is 14.4. The van der Waals surface area contributed by atoms with Crippen LogP contribution in [0.3, 0.4) is 0 Å². The van der Waals surface area contributed by atoms with Gasteiger partial charge in [-0.25, -0.2) is 4.98 Å². The number of aliphatic imine (C=N–C) groups is 1. The summed E-state index contributed by atoms with van der Waals surface area (Å²) < 4.78 is 5.27. The SMILES string of the molecule is I.NC(=NCCCCC(=O)OCc1ccccc1)N1CCN(c2nccs2)CC1. The number of guanidine groups is 1. The highest BCUT2D eigenvalue weighted by Gasteiger charge is 2.19. The standard InChI is InChI=1S/C20H27N5O2S.HI/c21-19(24-11-13-25(14-12-24)20-23-10-15-28-20)22-9-5-4-8-18(26)27-16-17-6-2-1-3-7-17;/h1-3,6-7,10,15H,4-5,8-9,11-14,16H2,(H2,21,22);1H. The van der Waals surface area contributed by atoms with E-state index in [1.807, 2.05) is 41.9 Å². The molecule has 1 aromatic carbocycles. The number of unbranched alkanes of at least 4 members (excludes halogenated alkanes) is 1. The summed E-state index contributed by atoms with van der Waals surface area (Å²) in [5, 5.41) is 3.06. The third kappa shape index (κ3) is 7.81. The van der Waals surface area contributed by atoms with Crippen molar-refractivity contribution < 1.29 is 9.53 Å². The van der Waals surface area contributed by atoms with Crippen molar-refractivity contribution in [1.82, 2.24) is 9.88 Å². The number of rotatable bonds is 8. The largest absolute Gasteiger partial charge is 0.461 e. The van der Waals surface area contributed by atoms with E-state index in [1.165, 1.54) is 0 Å². The fourth-order valence-electron chi connectivity index (χ4n) is 2.98. The molecule has 0 atom stereocenters. The Morgan fingerprint density at radius 2 is 1.93 bits per heavy atom. The molecule has 0 radical (unpaired) electrons. The molecule has 2 N–H and O–H groups in total. The van der Waals surface area contributed by atoms with Gasteiger partial charge in [0.05, 0.1) is 0 Å². The molecule has 0 aliphatic carbocycles. The minimum Gasteiger partial charge on any atom is -0.461 e. The van der Waals surface area contributed by atoms with E-state index in [4.69, 9.17) is 10.5 Å². The number of carbonyl (C=O) groups is 1. The summed E-state index contributed by atoms with van der Waals surface area (Å²) in [5.74, 6) is 0.421. The molecule has 0 unspecified atom stereocenters. The van der Waals surface area contributed by atoms with Crippen molar-refractivity contribution in [3.63, 3.8) is 0 Å². The van der Waals surface area contributed by atoms with Gasteiger partial charge in [0, 0.05) is 50.7 Å². The number of esters is 1. The minimum absolute atomic E-state index is 0. The Balaban J connectivity index is 0.00000300. The average molecular weight is 529 g/mol. The van der Waals surface area contributed by atoms with Crippen LogP contribution in [0.4, 0.5) is 5.13 Å². The molecule has 2 aromatic rings. The van der Waals surface area contributed by atoms with Crippen LogP contribution in [0.5, 0.6) is 0 Å². The predicted molar refractivity (Wildman–Crippen MR) is 128 cm³/mol. The van der Waals surface area contributed by atoms with Crippen molar-refractivity contribution in [1.29, 1.82) is 0 Å². The molecule has 0 bridgehead atoms. The molecule has 158 valence electrons. The van der Waals surface area contributed by atoms with Crippen molar-refractivity contribution in [3.8, 4) is 0 Å². The van der Waals surface area contributed by atoms with Gasteiger partial charge in [0.25, 0.3) is 0 Å². The zero-order valence-electron chi connectivity index (χ0n) is 16.4. The number of piperazine rings is 1. The van der Waals surface area contributed by atoms with Crippen LogP contribution in [0.15, 0.2) is 46.9 Å². The Hall–Kier alpha value is -1.88. The van der Waals surface area contributed by atoms with Crippen LogP contribution in [0.2, 0.25) is 0 Å². The number of benzene rings is 1. The van der Waals surface area contributed by atoms with Gasteiger partial charge < -0.3 is 20.3 Å². The molecule has 1 fully saturated rings. The van der Waals surface area contributed by atoms with Crippen LogP contribution in [0, 0.1) is 0 Å². The van der Waals surface area contributed by atoms with Gasteiger partial charge in [-0.3, -0.25) is 9.79 Å². The van der Waals surface area contributed by atoms with E-state index in [0.717, 1.165) is 49.7 Å². The van der Waals surface area contributed by atoms with E-state index >= 15 is 0 Å². The maximum atomic E-state index is 11.8. The van der Waals surface area contributed by atoms with Crippen LogP contribution in [-0.4, -0.2) is 54.5 Å². The number of carbonyl (C=O) groups excluding carboxylic acids is 1. The monoisotopic (exact) mass is 529 g/mol. The molecular weight excluding hydrogens is 501 g/mol. The first-order valence-electron chi connectivity index (χ1n) is 9.61. The predicted octanol–water partition coefficient (Wildman–Crippen LogP) is 3.11. The van der Waals surface area contributed by atoms with Gasteiger partial charge in [0.15, 0.2) is 11.1 Å². The molecular formula is C20H28IN5O2S. The van der Waals surface area contributed by atoms with Gasteiger partial charge in [0.1, 0.15) is 6.61 Å². The number of hydrogen-bond donors (Lipinski definition) is 1. The first-order chi connectivity index (χ1) is 13.7. The fraction of sp³-hybridized carbons (Fsp3) is 0.450. The zero-order valence-corrected chi connectivity index (χ0v) is 19.6. The van der Waals surface area contributed by atoms with Gasteiger partial charge >= 0.3 is 5.97 Å². The summed E-state index contributed by atoms with van der Waals surface area (Å²) in [5.41, 5.74) is 7.12. The smallest absolute Gasteiger partial charge is 0.306 e. The Morgan fingerprint density at radius 1 is 1.17 bits per heavy atom. The van der Waals surface area contributed by atoms with Gasteiger partial charge in [0.2, 0.25) is 0 Å². The maximum absolute atomic E-state index is 11.8. The van der Waals surface area contributed by atoms with Crippen LogP contribution in [0.1, 0.15) is 24.8 Å². The number of nitrogens with zero attached hydrogens (tertiary/aromatic N) is 4. The molecule has 1 aromatic heterocycles. The van der Waals surface area contributed by atoms with Crippen LogP contribution in [0.25, 0.3) is 0 Å². The molecule has 7 nitrogen and oxygen atoms in total. The molecule has 9 heteroatoms. The van der Waals surface area contributed by atoms with Gasteiger partial charge in [-0.15, -0.1) is 35.3 Å². The number of thiazole rings is 1. The highest BCUT2D eigenvalue weighted by Crippen LogP contribution is 2.18. The van der Waals surface area contributed by atoms with E-state index in [1.54, 1.807) is 11.3 Å². The number of halogens is 1. The summed E-state index contributed by atoms with van der Waals surface area (Å²) in [7, 11) is 0. The Morgan fingerprint density at radius 3 is 2.62 bits per heavy atom. The first kappa shape index (κ1) is 23.4. The topological polar surface area (TPSA) is 84.0 Å². The number of aromatic nitrogens is 1. The second-order valence-corrected chi connectivity index (χ2v) is 7.51. The highest BCUT2D eigenvalue weighted by molar-refractivity contribution is 14.0. The lowest BCUT2D eigenvalue weighted by Crippen LogP contribution is -2.51. The number of ether oxygens (including phenoxy) is 1. The first-order valence-corrected chi connectivity index (χ1v) is 10.5. The quantitative estimate of drug-likeness (QED) is 0.186. The molecule has 3 rings (SSSR count). The Kier molecular flexibility index (Phi) is 10.2. The van der Waals surface area contributed by atoms with Gasteiger partial charge in [-0.2, -0.15) is 0 Å². The second-order valence-electron chi connectivity index (χ2n) is 6.63. The summed E-state index contributed by atoms with van der Waals surface area (Å²) >= 11 is 1.66. The molecule has 0 amide bonds. The Labute approximate surface area is 193 Å². The van der Waals surface area contributed by atoms with Crippen molar-refractivity contribution >= 4 is 52.4 Å². The third-order valence-corrected chi connectivity index (χ3v) is 5.43. The molecule has 1 saturated heterocycles. The Bertz CT molecular complexity index is 749. The number of hydrogen-bond acceptors (Lipinski definition) is 6. The molecule has 0 saturated carbocycles. The zero-order chi connectivity index (χ0) is 19.6. The van der Waals surface area contributed by atoms with Crippen LogP contribution < -0.4 is 10.6 Å². The van der Waals surface area contributed by atoms with Crippen LogP contribution >= 0.6 is 35.3 Å². The van der Waals surface area contributed by atoms with Gasteiger partial charge in [-0.05, 0) is 18.4 Å². The van der Waals surface area contributed by atoms with E-state index in [-0.39, 0.29) is 29.9 Å². The fourth-order valence-corrected chi connectivity index (χ4v) is 3.68. The van der Waals surface area contributed by atoms with Crippen molar-refractivity contribution in [3.05, 3.63) is 47.5 Å². The molecule has 1 aliphatic rings. The lowest BCUT2D eigenvalue weighted by molar-refractivity contribution is -0.145. The molecule has 0 spiro atoms. The average Bonchev–Trinajstić information content (AvgIpc) is 3.28. The summed E-state index contributed by atoms with van der Waals surface area (Å²) in [6.45, 7) is 4.46. The van der Waals surface area contributed by atoms with E-state index in [0.29, 0.717) is 25.5 Å².